The van der Waals surface area contributed by atoms with Crippen LogP contribution in [0.25, 0.3) is 0 Å². The third-order valence-corrected chi connectivity index (χ3v) is 4.18. The van der Waals surface area contributed by atoms with Crippen LogP contribution in [0.2, 0.25) is 0 Å². The average Bonchev–Trinajstić information content (AvgIpc) is 2.46. The molecule has 0 aliphatic carbocycles. The van der Waals surface area contributed by atoms with Crippen LogP contribution in [0.15, 0.2) is 0 Å². The molecule has 1 rings (SSSR count). The largest absolute Gasteiger partial charge is 0.469 e. The molecule has 1 fully saturated rings. The molecule has 3 unspecified atom stereocenters. The molecule has 116 valence electrons. The Kier molecular flexibility index (Phi) is 6.99. The molecule has 0 aromatic rings. The van der Waals surface area contributed by atoms with E-state index in [1.54, 1.807) is 0 Å². The molecule has 0 aromatic carbocycles. The molecule has 0 spiro atoms. The standard InChI is InChI=1S/C15H28N2O3/c1-5-11(2)16-15(19)12(3)17-9-7-6-8-13(17)10-14(18)20-4/h11-13H,5-10H2,1-4H3,(H,16,19). The van der Waals surface area contributed by atoms with Crippen molar-refractivity contribution in [3.63, 3.8) is 0 Å². The average molecular weight is 284 g/mol. The second-order valence-corrected chi connectivity index (χ2v) is 5.66. The number of carbonyl (C=O) groups is 2. The Labute approximate surface area is 122 Å². The second-order valence-electron chi connectivity index (χ2n) is 5.66. The van der Waals surface area contributed by atoms with Gasteiger partial charge in [-0.1, -0.05) is 13.3 Å². The molecule has 0 bridgehead atoms. The zero-order chi connectivity index (χ0) is 15.1. The summed E-state index contributed by atoms with van der Waals surface area (Å²) in [6.07, 6.45) is 4.44. The van der Waals surface area contributed by atoms with E-state index in [0.29, 0.717) is 6.42 Å². The summed E-state index contributed by atoms with van der Waals surface area (Å²) in [5.41, 5.74) is 0. The van der Waals surface area contributed by atoms with Crippen molar-refractivity contribution in [1.29, 1.82) is 0 Å². The van der Waals surface area contributed by atoms with E-state index in [1.165, 1.54) is 7.11 Å². The molecule has 20 heavy (non-hydrogen) atoms. The number of ether oxygens (including phenoxy) is 1. The summed E-state index contributed by atoms with van der Waals surface area (Å²) in [6.45, 7) is 6.85. The van der Waals surface area contributed by atoms with Gasteiger partial charge in [-0.15, -0.1) is 0 Å². The van der Waals surface area contributed by atoms with Crippen molar-refractivity contribution in [3.8, 4) is 0 Å². The maximum atomic E-state index is 12.2. The fourth-order valence-corrected chi connectivity index (χ4v) is 2.64. The minimum Gasteiger partial charge on any atom is -0.469 e. The fraction of sp³-hybridized carbons (Fsp3) is 0.867. The van der Waals surface area contributed by atoms with Gasteiger partial charge >= 0.3 is 5.97 Å². The molecule has 1 aliphatic heterocycles. The van der Waals surface area contributed by atoms with Crippen LogP contribution in [-0.4, -0.2) is 48.6 Å². The number of rotatable bonds is 6. The predicted octanol–water partition coefficient (Wildman–Crippen LogP) is 1.71. The molecule has 5 nitrogen and oxygen atoms in total. The lowest BCUT2D eigenvalue weighted by Gasteiger charge is -2.39. The molecule has 0 radical (unpaired) electrons. The summed E-state index contributed by atoms with van der Waals surface area (Å²) in [5, 5.41) is 3.02. The van der Waals surface area contributed by atoms with Crippen molar-refractivity contribution in [2.24, 2.45) is 0 Å². The molecular weight excluding hydrogens is 256 g/mol. The van der Waals surface area contributed by atoms with Crippen LogP contribution < -0.4 is 5.32 Å². The van der Waals surface area contributed by atoms with Gasteiger partial charge in [-0.05, 0) is 39.7 Å². The molecule has 5 heteroatoms. The first-order chi connectivity index (χ1) is 9.49. The minimum absolute atomic E-state index is 0.0520. The number of nitrogens with one attached hydrogen (secondary N) is 1. The fourth-order valence-electron chi connectivity index (χ4n) is 2.64. The van der Waals surface area contributed by atoms with Gasteiger partial charge in [-0.3, -0.25) is 14.5 Å². The summed E-state index contributed by atoms with van der Waals surface area (Å²) in [5.74, 6) is -0.146. The molecular formula is C15H28N2O3. The SMILES string of the molecule is CCC(C)NC(=O)C(C)N1CCCCC1CC(=O)OC. The van der Waals surface area contributed by atoms with Crippen LogP contribution in [0.4, 0.5) is 0 Å². The van der Waals surface area contributed by atoms with Crippen LogP contribution in [0.3, 0.4) is 0 Å². The highest BCUT2D eigenvalue weighted by molar-refractivity contribution is 5.81. The first-order valence-electron chi connectivity index (χ1n) is 7.62. The van der Waals surface area contributed by atoms with Crippen LogP contribution in [0.1, 0.15) is 52.9 Å². The molecule has 3 atom stereocenters. The number of carbonyl (C=O) groups excluding carboxylic acids is 2. The first-order valence-corrected chi connectivity index (χ1v) is 7.62. The maximum Gasteiger partial charge on any atom is 0.307 e. The lowest BCUT2D eigenvalue weighted by Crippen LogP contribution is -2.53. The normalized spacial score (nSPS) is 22.9. The zero-order valence-electron chi connectivity index (χ0n) is 13.1. The highest BCUT2D eigenvalue weighted by Gasteiger charge is 2.32. The van der Waals surface area contributed by atoms with Gasteiger partial charge in [0.1, 0.15) is 0 Å². The van der Waals surface area contributed by atoms with Gasteiger partial charge in [-0.25, -0.2) is 0 Å². The minimum atomic E-state index is -0.198. The highest BCUT2D eigenvalue weighted by Crippen LogP contribution is 2.22. The monoisotopic (exact) mass is 284 g/mol. The van der Waals surface area contributed by atoms with Crippen molar-refractivity contribution in [1.82, 2.24) is 10.2 Å². The van der Waals surface area contributed by atoms with Crippen molar-refractivity contribution >= 4 is 11.9 Å². The third-order valence-electron chi connectivity index (χ3n) is 4.18. The number of methoxy groups -OCH3 is 1. The Balaban J connectivity index is 2.63. The predicted molar refractivity (Wildman–Crippen MR) is 78.3 cm³/mol. The number of piperidine rings is 1. The van der Waals surface area contributed by atoms with E-state index in [0.717, 1.165) is 32.2 Å². The maximum absolute atomic E-state index is 12.2. The number of likely N-dealkylation sites (tertiary alicyclic amines) is 1. The zero-order valence-corrected chi connectivity index (χ0v) is 13.1. The molecule has 1 aliphatic rings. The van der Waals surface area contributed by atoms with Gasteiger partial charge in [0, 0.05) is 12.1 Å². The van der Waals surface area contributed by atoms with E-state index in [2.05, 4.69) is 17.1 Å². The van der Waals surface area contributed by atoms with Gasteiger partial charge < -0.3 is 10.1 Å². The topological polar surface area (TPSA) is 58.6 Å². The van der Waals surface area contributed by atoms with Crippen LogP contribution in [-0.2, 0) is 14.3 Å². The van der Waals surface area contributed by atoms with Crippen LogP contribution >= 0.6 is 0 Å². The Morgan fingerprint density at radius 1 is 1.35 bits per heavy atom. The van der Waals surface area contributed by atoms with E-state index >= 15 is 0 Å². The lowest BCUT2D eigenvalue weighted by molar-refractivity contribution is -0.143. The van der Waals surface area contributed by atoms with Gasteiger partial charge in [-0.2, -0.15) is 0 Å². The summed E-state index contributed by atoms with van der Waals surface area (Å²) < 4.78 is 4.76. The quantitative estimate of drug-likeness (QED) is 0.754. The van der Waals surface area contributed by atoms with Crippen molar-refractivity contribution in [2.45, 2.75) is 71.0 Å². The summed E-state index contributed by atoms with van der Waals surface area (Å²) >= 11 is 0. The molecule has 1 heterocycles. The van der Waals surface area contributed by atoms with Crippen LogP contribution in [0.5, 0.6) is 0 Å². The Morgan fingerprint density at radius 2 is 2.05 bits per heavy atom. The summed E-state index contributed by atoms with van der Waals surface area (Å²) in [4.78, 5) is 25.9. The van der Waals surface area contributed by atoms with Crippen molar-refractivity contribution < 1.29 is 14.3 Å². The Bertz CT molecular complexity index is 333. The van der Waals surface area contributed by atoms with E-state index in [-0.39, 0.29) is 30.0 Å². The number of esters is 1. The Hall–Kier alpha value is -1.10. The molecule has 1 saturated heterocycles. The molecule has 1 amide bonds. The van der Waals surface area contributed by atoms with E-state index in [9.17, 15) is 9.59 Å². The lowest BCUT2D eigenvalue weighted by atomic mass is 9.97. The first kappa shape index (κ1) is 17.0. The van der Waals surface area contributed by atoms with Crippen LogP contribution in [0, 0.1) is 0 Å². The summed E-state index contributed by atoms with van der Waals surface area (Å²) in [6, 6.07) is 0.113. The number of hydrogen-bond acceptors (Lipinski definition) is 4. The van der Waals surface area contributed by atoms with Gasteiger partial charge in [0.05, 0.1) is 19.6 Å². The second kappa shape index (κ2) is 8.25. The van der Waals surface area contributed by atoms with Gasteiger partial charge in [0.2, 0.25) is 5.91 Å². The van der Waals surface area contributed by atoms with Crippen molar-refractivity contribution in [3.05, 3.63) is 0 Å². The molecule has 0 aromatic heterocycles. The number of nitrogens with zero attached hydrogens (tertiary/aromatic N) is 1. The smallest absolute Gasteiger partial charge is 0.307 e. The number of hydrogen-bond donors (Lipinski definition) is 1. The van der Waals surface area contributed by atoms with E-state index < -0.39 is 0 Å². The van der Waals surface area contributed by atoms with E-state index in [1.807, 2.05) is 13.8 Å². The van der Waals surface area contributed by atoms with Gasteiger partial charge in [0.15, 0.2) is 0 Å². The third kappa shape index (κ3) is 4.78. The molecule has 1 N–H and O–H groups in total. The van der Waals surface area contributed by atoms with Gasteiger partial charge in [0.25, 0.3) is 0 Å². The van der Waals surface area contributed by atoms with Crippen molar-refractivity contribution in [2.75, 3.05) is 13.7 Å². The molecule has 0 saturated carbocycles. The Morgan fingerprint density at radius 3 is 2.65 bits per heavy atom. The highest BCUT2D eigenvalue weighted by atomic mass is 16.5. The van der Waals surface area contributed by atoms with E-state index in [4.69, 9.17) is 4.74 Å². The number of amides is 1. The summed E-state index contributed by atoms with van der Waals surface area (Å²) in [7, 11) is 1.41.